The van der Waals surface area contributed by atoms with Crippen LogP contribution in [-0.4, -0.2) is 41.5 Å². The summed E-state index contributed by atoms with van der Waals surface area (Å²) in [5.41, 5.74) is 0.168. The molecule has 1 unspecified atom stereocenters. The molecular weight excluding hydrogens is 248 g/mol. The summed E-state index contributed by atoms with van der Waals surface area (Å²) in [6.07, 6.45) is 4.19. The molecule has 1 atom stereocenters. The monoisotopic (exact) mass is 266 g/mol. The Balaban J connectivity index is 2.13. The summed E-state index contributed by atoms with van der Waals surface area (Å²) in [7, 11) is 1.62. The van der Waals surface area contributed by atoms with E-state index >= 15 is 0 Å². The molecule has 6 nitrogen and oxygen atoms in total. The van der Waals surface area contributed by atoms with Crippen molar-refractivity contribution >= 4 is 11.9 Å². The van der Waals surface area contributed by atoms with E-state index in [-0.39, 0.29) is 17.5 Å². The van der Waals surface area contributed by atoms with Crippen molar-refractivity contribution in [1.82, 2.24) is 10.2 Å². The van der Waals surface area contributed by atoms with Crippen LogP contribution in [-0.2, 0) is 11.3 Å². The van der Waals surface area contributed by atoms with Crippen molar-refractivity contribution in [2.75, 3.05) is 13.6 Å². The molecular formula is C13H18N2O4. The summed E-state index contributed by atoms with van der Waals surface area (Å²) < 4.78 is 5.24. The van der Waals surface area contributed by atoms with Gasteiger partial charge < -0.3 is 14.8 Å². The predicted molar refractivity (Wildman–Crippen MR) is 67.8 cm³/mol. The van der Waals surface area contributed by atoms with Gasteiger partial charge in [0.25, 0.3) is 0 Å². The quantitative estimate of drug-likeness (QED) is 0.852. The van der Waals surface area contributed by atoms with E-state index in [1.165, 1.54) is 12.3 Å². The zero-order chi connectivity index (χ0) is 13.8. The molecule has 0 radical (unpaired) electrons. The van der Waals surface area contributed by atoms with E-state index in [1.807, 2.05) is 4.90 Å². The van der Waals surface area contributed by atoms with Crippen molar-refractivity contribution in [2.24, 2.45) is 0 Å². The Kier molecular flexibility index (Phi) is 4.21. The fourth-order valence-electron chi connectivity index (χ4n) is 2.48. The Morgan fingerprint density at radius 1 is 1.53 bits per heavy atom. The number of nitrogens with zero attached hydrogens (tertiary/aromatic N) is 1. The first-order valence-electron chi connectivity index (χ1n) is 6.38. The second kappa shape index (κ2) is 5.88. The van der Waals surface area contributed by atoms with Crippen LogP contribution in [0, 0.1) is 0 Å². The van der Waals surface area contributed by atoms with Crippen molar-refractivity contribution in [3.63, 3.8) is 0 Å². The van der Waals surface area contributed by atoms with Gasteiger partial charge in [0.1, 0.15) is 11.3 Å². The molecule has 0 bridgehead atoms. The van der Waals surface area contributed by atoms with Gasteiger partial charge >= 0.3 is 5.97 Å². The van der Waals surface area contributed by atoms with Gasteiger partial charge in [-0.05, 0) is 25.5 Å². The molecule has 1 fully saturated rings. The van der Waals surface area contributed by atoms with Crippen LogP contribution in [0.4, 0.5) is 0 Å². The molecule has 6 heteroatoms. The number of piperidine rings is 1. The minimum Gasteiger partial charge on any atom is -0.478 e. The summed E-state index contributed by atoms with van der Waals surface area (Å²) in [5.74, 6) is -0.622. The largest absolute Gasteiger partial charge is 0.478 e. The molecule has 0 aliphatic carbocycles. The molecule has 1 aliphatic rings. The minimum atomic E-state index is -1.00. The van der Waals surface area contributed by atoms with Crippen LogP contribution < -0.4 is 5.32 Å². The van der Waals surface area contributed by atoms with Crippen molar-refractivity contribution < 1.29 is 19.1 Å². The van der Waals surface area contributed by atoms with Crippen molar-refractivity contribution in [2.45, 2.75) is 31.8 Å². The van der Waals surface area contributed by atoms with Crippen LogP contribution in [0.15, 0.2) is 16.7 Å². The lowest BCUT2D eigenvalue weighted by atomic mass is 10.0. The molecule has 1 saturated heterocycles. The van der Waals surface area contributed by atoms with Gasteiger partial charge in [-0.1, -0.05) is 6.42 Å². The van der Waals surface area contributed by atoms with Gasteiger partial charge in [0.05, 0.1) is 18.8 Å². The molecule has 2 N–H and O–H groups in total. The summed E-state index contributed by atoms with van der Waals surface area (Å²) in [6, 6.07) is 1.24. The van der Waals surface area contributed by atoms with E-state index < -0.39 is 5.97 Å². The lowest BCUT2D eigenvalue weighted by Crippen LogP contribution is -2.48. The lowest BCUT2D eigenvalue weighted by molar-refractivity contribution is -0.127. The number of likely N-dealkylation sites (tertiary alicyclic amines) is 1. The number of carboxylic acid groups (broad SMARTS) is 1. The van der Waals surface area contributed by atoms with E-state index in [0.717, 1.165) is 25.8 Å². The number of carbonyl (C=O) groups is 2. The second-order valence-electron chi connectivity index (χ2n) is 4.66. The van der Waals surface area contributed by atoms with Crippen LogP contribution in [0.3, 0.4) is 0 Å². The smallest absolute Gasteiger partial charge is 0.339 e. The van der Waals surface area contributed by atoms with Crippen LogP contribution in [0.1, 0.15) is 35.4 Å². The topological polar surface area (TPSA) is 82.8 Å². The van der Waals surface area contributed by atoms with Gasteiger partial charge in [0, 0.05) is 7.05 Å². The molecule has 0 saturated carbocycles. The Hall–Kier alpha value is -1.82. The lowest BCUT2D eigenvalue weighted by Gasteiger charge is -2.33. The summed E-state index contributed by atoms with van der Waals surface area (Å²) in [6.45, 7) is 1.13. The molecule has 104 valence electrons. The zero-order valence-corrected chi connectivity index (χ0v) is 10.9. The number of hydrogen-bond donors (Lipinski definition) is 2. The molecule has 1 aliphatic heterocycles. The van der Waals surface area contributed by atoms with E-state index in [1.54, 1.807) is 7.05 Å². The van der Waals surface area contributed by atoms with Crippen LogP contribution >= 0.6 is 0 Å². The van der Waals surface area contributed by atoms with Gasteiger partial charge in [0.15, 0.2) is 0 Å². The van der Waals surface area contributed by atoms with Gasteiger partial charge in [-0.2, -0.15) is 0 Å². The highest BCUT2D eigenvalue weighted by atomic mass is 16.4. The molecule has 0 aromatic carbocycles. The number of hydrogen-bond acceptors (Lipinski definition) is 4. The number of carbonyl (C=O) groups excluding carboxylic acids is 1. The summed E-state index contributed by atoms with van der Waals surface area (Å²) in [4.78, 5) is 24.8. The summed E-state index contributed by atoms with van der Waals surface area (Å²) >= 11 is 0. The fraction of sp³-hybridized carbons (Fsp3) is 0.538. The molecule has 19 heavy (non-hydrogen) atoms. The first-order chi connectivity index (χ1) is 9.13. The fourth-order valence-corrected chi connectivity index (χ4v) is 2.48. The third-order valence-electron chi connectivity index (χ3n) is 3.49. The third-order valence-corrected chi connectivity index (χ3v) is 3.49. The van der Waals surface area contributed by atoms with Gasteiger partial charge in [-0.25, -0.2) is 4.79 Å². The Morgan fingerprint density at radius 3 is 3.00 bits per heavy atom. The number of likely N-dealkylation sites (N-methyl/N-ethyl adjacent to an activating group) is 1. The molecule has 1 amide bonds. The first kappa shape index (κ1) is 13.6. The van der Waals surface area contributed by atoms with Gasteiger partial charge in [0.2, 0.25) is 5.91 Å². The van der Waals surface area contributed by atoms with Crippen LogP contribution in [0.2, 0.25) is 0 Å². The maximum absolute atomic E-state index is 11.8. The van der Waals surface area contributed by atoms with Crippen molar-refractivity contribution in [1.29, 1.82) is 0 Å². The van der Waals surface area contributed by atoms with Crippen molar-refractivity contribution in [3.05, 3.63) is 23.7 Å². The number of aromatic carboxylic acids is 1. The average molecular weight is 266 g/mol. The van der Waals surface area contributed by atoms with Crippen molar-refractivity contribution in [3.8, 4) is 0 Å². The molecule has 2 rings (SSSR count). The maximum atomic E-state index is 11.8. The summed E-state index contributed by atoms with van der Waals surface area (Å²) in [5, 5.41) is 11.7. The number of amides is 1. The molecule has 1 aromatic rings. The number of carboxylic acids is 1. The average Bonchev–Trinajstić information content (AvgIpc) is 2.87. The SMILES string of the molecule is CNC(=O)C1CCCCN1Cc1occc1C(=O)O. The highest BCUT2D eigenvalue weighted by molar-refractivity contribution is 5.88. The van der Waals surface area contributed by atoms with E-state index in [0.29, 0.717) is 12.3 Å². The molecule has 1 aromatic heterocycles. The van der Waals surface area contributed by atoms with Gasteiger partial charge in [-0.15, -0.1) is 0 Å². The van der Waals surface area contributed by atoms with E-state index in [9.17, 15) is 9.59 Å². The molecule has 2 heterocycles. The highest BCUT2D eigenvalue weighted by Gasteiger charge is 2.29. The third kappa shape index (κ3) is 2.96. The zero-order valence-electron chi connectivity index (χ0n) is 10.9. The Labute approximate surface area is 111 Å². The van der Waals surface area contributed by atoms with E-state index in [4.69, 9.17) is 9.52 Å². The second-order valence-corrected chi connectivity index (χ2v) is 4.66. The Morgan fingerprint density at radius 2 is 2.32 bits per heavy atom. The minimum absolute atomic E-state index is 0.0249. The molecule has 0 spiro atoms. The van der Waals surface area contributed by atoms with Gasteiger partial charge in [-0.3, -0.25) is 9.69 Å². The Bertz CT molecular complexity index is 469. The standard InChI is InChI=1S/C13H18N2O4/c1-14-12(16)10-4-2-3-6-15(10)8-11-9(13(17)18)5-7-19-11/h5,7,10H,2-4,6,8H2,1H3,(H,14,16)(H,17,18). The normalized spacial score (nSPS) is 20.2. The first-order valence-corrected chi connectivity index (χ1v) is 6.38. The highest BCUT2D eigenvalue weighted by Crippen LogP contribution is 2.22. The van der Waals surface area contributed by atoms with E-state index in [2.05, 4.69) is 5.32 Å². The number of rotatable bonds is 4. The van der Waals surface area contributed by atoms with Crippen LogP contribution in [0.5, 0.6) is 0 Å². The number of nitrogens with one attached hydrogen (secondary N) is 1. The van der Waals surface area contributed by atoms with Crippen LogP contribution in [0.25, 0.3) is 0 Å². The number of furan rings is 1. The maximum Gasteiger partial charge on any atom is 0.339 e. The predicted octanol–water partition coefficient (Wildman–Crippen LogP) is 1.08.